The van der Waals surface area contributed by atoms with Gasteiger partial charge in [0.2, 0.25) is 0 Å². The molecule has 2 rings (SSSR count). The Labute approximate surface area is 109 Å². The molecule has 0 aromatic heterocycles. The quantitative estimate of drug-likeness (QED) is 0.622. The number of hydrogen-bond donors (Lipinski definition) is 2. The lowest BCUT2D eigenvalue weighted by Crippen LogP contribution is -2.46. The number of benzene rings is 1. The Morgan fingerprint density at radius 2 is 1.83 bits per heavy atom. The molecule has 1 aromatic rings. The fourth-order valence-electron chi connectivity index (χ4n) is 2.47. The monoisotopic (exact) mass is 246 g/mol. The van der Waals surface area contributed by atoms with Crippen LogP contribution < -0.4 is 5.73 Å². The van der Waals surface area contributed by atoms with Crippen molar-refractivity contribution in [2.24, 2.45) is 5.73 Å². The summed E-state index contributed by atoms with van der Waals surface area (Å²) < 4.78 is 0. The number of nitrogens with zero attached hydrogens (tertiary/aromatic N) is 2. The molecule has 18 heavy (non-hydrogen) atoms. The third-order valence-corrected chi connectivity index (χ3v) is 3.58. The van der Waals surface area contributed by atoms with Gasteiger partial charge in [-0.2, -0.15) is 0 Å². The molecule has 0 aliphatic carbocycles. The molecule has 4 heteroatoms. The van der Waals surface area contributed by atoms with E-state index in [1.165, 1.54) is 5.56 Å². The molecule has 1 aliphatic rings. The largest absolute Gasteiger partial charge is 0.388 e. The van der Waals surface area contributed by atoms with Gasteiger partial charge in [0.05, 0.1) is 5.84 Å². The summed E-state index contributed by atoms with van der Waals surface area (Å²) in [4.78, 5) is 4.78. The summed E-state index contributed by atoms with van der Waals surface area (Å²) in [6, 6.07) is 10.6. The van der Waals surface area contributed by atoms with Gasteiger partial charge in [0.25, 0.3) is 0 Å². The van der Waals surface area contributed by atoms with E-state index in [0.29, 0.717) is 6.42 Å². The van der Waals surface area contributed by atoms with Crippen LogP contribution in [0.15, 0.2) is 30.3 Å². The van der Waals surface area contributed by atoms with Crippen LogP contribution in [0, 0.1) is 5.41 Å². The maximum atomic E-state index is 7.57. The summed E-state index contributed by atoms with van der Waals surface area (Å²) in [6.07, 6.45) is 0.619. The van der Waals surface area contributed by atoms with E-state index >= 15 is 0 Å². The fraction of sp³-hybridized carbons (Fsp3) is 0.500. The molecular weight excluding hydrogens is 224 g/mol. The minimum atomic E-state index is 0.248. The molecular formula is C14H22N4. The van der Waals surface area contributed by atoms with Crippen molar-refractivity contribution in [3.05, 3.63) is 35.9 Å². The van der Waals surface area contributed by atoms with Crippen molar-refractivity contribution >= 4 is 5.84 Å². The zero-order valence-electron chi connectivity index (χ0n) is 11.0. The van der Waals surface area contributed by atoms with Crippen molar-refractivity contribution < 1.29 is 0 Å². The molecule has 1 aromatic carbocycles. The average molecular weight is 246 g/mol. The molecule has 1 fully saturated rings. The Balaban J connectivity index is 2.12. The Kier molecular flexibility index (Phi) is 4.33. The van der Waals surface area contributed by atoms with Crippen molar-refractivity contribution in [3.63, 3.8) is 0 Å². The van der Waals surface area contributed by atoms with Gasteiger partial charge < -0.3 is 10.6 Å². The lowest BCUT2D eigenvalue weighted by Gasteiger charge is -2.38. The van der Waals surface area contributed by atoms with Gasteiger partial charge in [0.1, 0.15) is 0 Å². The SMILES string of the molecule is CN1CCN(C(CC(=N)N)c2ccccc2)CC1. The van der Waals surface area contributed by atoms with E-state index in [4.69, 9.17) is 11.1 Å². The second kappa shape index (κ2) is 5.98. The smallest absolute Gasteiger partial charge is 0.0924 e. The summed E-state index contributed by atoms with van der Waals surface area (Å²) >= 11 is 0. The first-order chi connectivity index (χ1) is 8.66. The van der Waals surface area contributed by atoms with Crippen LogP contribution in [0.2, 0.25) is 0 Å². The molecule has 1 unspecified atom stereocenters. The number of nitrogens with two attached hydrogens (primary N) is 1. The second-order valence-electron chi connectivity index (χ2n) is 5.00. The van der Waals surface area contributed by atoms with E-state index in [-0.39, 0.29) is 11.9 Å². The lowest BCUT2D eigenvalue weighted by atomic mass is 10.0. The Morgan fingerprint density at radius 3 is 2.39 bits per heavy atom. The zero-order valence-corrected chi connectivity index (χ0v) is 11.0. The Hall–Kier alpha value is -1.39. The van der Waals surface area contributed by atoms with Crippen LogP contribution in [0.4, 0.5) is 0 Å². The molecule has 0 bridgehead atoms. The summed E-state index contributed by atoms with van der Waals surface area (Å²) in [7, 11) is 2.15. The van der Waals surface area contributed by atoms with E-state index in [2.05, 4.69) is 41.1 Å². The van der Waals surface area contributed by atoms with Crippen LogP contribution in [-0.4, -0.2) is 48.9 Å². The van der Waals surface area contributed by atoms with Crippen molar-refractivity contribution in [1.82, 2.24) is 9.80 Å². The molecule has 0 radical (unpaired) electrons. The van der Waals surface area contributed by atoms with Crippen molar-refractivity contribution in [3.8, 4) is 0 Å². The van der Waals surface area contributed by atoms with E-state index in [1.807, 2.05) is 6.07 Å². The second-order valence-corrected chi connectivity index (χ2v) is 5.00. The van der Waals surface area contributed by atoms with Crippen LogP contribution in [0.3, 0.4) is 0 Å². The number of hydrogen-bond acceptors (Lipinski definition) is 3. The lowest BCUT2D eigenvalue weighted by molar-refractivity contribution is 0.114. The zero-order chi connectivity index (χ0) is 13.0. The van der Waals surface area contributed by atoms with Gasteiger partial charge in [0.15, 0.2) is 0 Å². The molecule has 1 aliphatic heterocycles. The third-order valence-electron chi connectivity index (χ3n) is 3.58. The summed E-state index contributed by atoms with van der Waals surface area (Å²) in [5.74, 6) is 0.266. The van der Waals surface area contributed by atoms with Gasteiger partial charge >= 0.3 is 0 Å². The molecule has 0 amide bonds. The predicted molar refractivity (Wildman–Crippen MR) is 74.8 cm³/mol. The number of amidine groups is 1. The van der Waals surface area contributed by atoms with Gasteiger partial charge in [-0.15, -0.1) is 0 Å². The van der Waals surface area contributed by atoms with Gasteiger partial charge in [-0.05, 0) is 12.6 Å². The molecule has 1 atom stereocenters. The Bertz CT molecular complexity index is 382. The third kappa shape index (κ3) is 3.31. The van der Waals surface area contributed by atoms with Crippen LogP contribution >= 0.6 is 0 Å². The maximum absolute atomic E-state index is 7.57. The summed E-state index contributed by atoms with van der Waals surface area (Å²) in [5.41, 5.74) is 6.87. The van der Waals surface area contributed by atoms with Crippen molar-refractivity contribution in [1.29, 1.82) is 5.41 Å². The Morgan fingerprint density at radius 1 is 1.22 bits per heavy atom. The fourth-order valence-corrected chi connectivity index (χ4v) is 2.47. The van der Waals surface area contributed by atoms with E-state index in [0.717, 1.165) is 26.2 Å². The van der Waals surface area contributed by atoms with Gasteiger partial charge in [-0.3, -0.25) is 10.3 Å². The van der Waals surface area contributed by atoms with E-state index in [1.54, 1.807) is 0 Å². The van der Waals surface area contributed by atoms with Gasteiger partial charge in [-0.25, -0.2) is 0 Å². The molecule has 3 N–H and O–H groups in total. The number of rotatable bonds is 4. The number of likely N-dealkylation sites (N-methyl/N-ethyl adjacent to an activating group) is 1. The molecule has 1 saturated heterocycles. The van der Waals surface area contributed by atoms with Crippen molar-refractivity contribution in [2.45, 2.75) is 12.5 Å². The van der Waals surface area contributed by atoms with E-state index in [9.17, 15) is 0 Å². The van der Waals surface area contributed by atoms with Crippen LogP contribution in [0.1, 0.15) is 18.0 Å². The first kappa shape index (κ1) is 13.1. The molecule has 0 saturated carbocycles. The molecule has 1 heterocycles. The van der Waals surface area contributed by atoms with Crippen molar-refractivity contribution in [2.75, 3.05) is 33.2 Å². The van der Waals surface area contributed by atoms with Crippen LogP contribution in [0.5, 0.6) is 0 Å². The normalized spacial score (nSPS) is 19.6. The number of nitrogens with one attached hydrogen (secondary N) is 1. The summed E-state index contributed by atoms with van der Waals surface area (Å²) in [5, 5.41) is 7.57. The minimum absolute atomic E-state index is 0.248. The summed E-state index contributed by atoms with van der Waals surface area (Å²) in [6.45, 7) is 4.26. The minimum Gasteiger partial charge on any atom is -0.388 e. The standard InChI is InChI=1S/C14H22N4/c1-17-7-9-18(10-8-17)13(11-14(15)16)12-5-3-2-4-6-12/h2-6,13H,7-11H2,1H3,(H3,15,16). The molecule has 4 nitrogen and oxygen atoms in total. The highest BCUT2D eigenvalue weighted by atomic mass is 15.3. The highest BCUT2D eigenvalue weighted by Crippen LogP contribution is 2.25. The molecule has 0 spiro atoms. The van der Waals surface area contributed by atoms with Gasteiger partial charge in [-0.1, -0.05) is 30.3 Å². The predicted octanol–water partition coefficient (Wildman–Crippen LogP) is 1.30. The van der Waals surface area contributed by atoms with Crippen LogP contribution in [-0.2, 0) is 0 Å². The van der Waals surface area contributed by atoms with Gasteiger partial charge in [0, 0.05) is 38.6 Å². The first-order valence-corrected chi connectivity index (χ1v) is 6.47. The highest BCUT2D eigenvalue weighted by Gasteiger charge is 2.24. The molecule has 98 valence electrons. The number of piperazine rings is 1. The topological polar surface area (TPSA) is 56.4 Å². The highest BCUT2D eigenvalue weighted by molar-refractivity contribution is 5.77. The first-order valence-electron chi connectivity index (χ1n) is 6.47. The van der Waals surface area contributed by atoms with E-state index < -0.39 is 0 Å². The maximum Gasteiger partial charge on any atom is 0.0924 e. The van der Waals surface area contributed by atoms with Crippen LogP contribution in [0.25, 0.3) is 0 Å². The average Bonchev–Trinajstić information content (AvgIpc) is 2.38.